The summed E-state index contributed by atoms with van der Waals surface area (Å²) in [4.78, 5) is 0. The van der Waals surface area contributed by atoms with E-state index >= 15 is 0 Å². The lowest BCUT2D eigenvalue weighted by molar-refractivity contribution is 0.117. The fourth-order valence-corrected chi connectivity index (χ4v) is 4.77. The second-order valence-electron chi connectivity index (χ2n) is 4.88. The third-order valence-corrected chi connectivity index (χ3v) is 7.11. The topological polar surface area (TPSA) is 9.23 Å². The highest BCUT2D eigenvalue weighted by Gasteiger charge is 2.37. The highest BCUT2D eigenvalue weighted by atomic mass is 28.4. The first kappa shape index (κ1) is 12.9. The van der Waals surface area contributed by atoms with Gasteiger partial charge >= 0.3 is 0 Å². The molecular formula is C11H24OSi. The van der Waals surface area contributed by atoms with Gasteiger partial charge in [0.1, 0.15) is 0 Å². The van der Waals surface area contributed by atoms with Crippen molar-refractivity contribution in [1.82, 2.24) is 0 Å². The van der Waals surface area contributed by atoms with Crippen LogP contribution >= 0.6 is 0 Å². The summed E-state index contributed by atoms with van der Waals surface area (Å²) >= 11 is 0. The van der Waals surface area contributed by atoms with Gasteiger partial charge in [0.15, 0.2) is 0 Å². The molecule has 1 atom stereocenters. The molecule has 0 N–H and O–H groups in total. The third kappa shape index (κ3) is 3.65. The van der Waals surface area contributed by atoms with Crippen LogP contribution in [0.1, 0.15) is 41.5 Å². The number of rotatable bonds is 4. The lowest BCUT2D eigenvalue weighted by Crippen LogP contribution is -2.45. The van der Waals surface area contributed by atoms with Crippen LogP contribution in [-0.2, 0) is 4.43 Å². The Kier molecular flexibility index (Phi) is 4.40. The summed E-state index contributed by atoms with van der Waals surface area (Å²) in [5.74, 6) is 0. The van der Waals surface area contributed by atoms with Gasteiger partial charge in [-0.15, -0.1) is 6.58 Å². The number of hydrogen-bond donors (Lipinski definition) is 0. The minimum Gasteiger partial charge on any atom is -0.408 e. The van der Waals surface area contributed by atoms with E-state index in [-0.39, 0.29) is 5.60 Å². The van der Waals surface area contributed by atoms with Crippen molar-refractivity contribution in [2.45, 2.75) is 58.7 Å². The van der Waals surface area contributed by atoms with Crippen molar-refractivity contribution in [1.29, 1.82) is 0 Å². The second kappa shape index (κ2) is 4.42. The van der Waals surface area contributed by atoms with E-state index in [4.69, 9.17) is 4.43 Å². The summed E-state index contributed by atoms with van der Waals surface area (Å²) in [6.45, 7) is 17.0. The number of hydrogen-bond acceptors (Lipinski definition) is 1. The molecule has 0 aliphatic heterocycles. The van der Waals surface area contributed by atoms with Gasteiger partial charge in [0, 0.05) is 5.60 Å². The van der Waals surface area contributed by atoms with E-state index in [0.717, 1.165) is 6.04 Å². The minimum absolute atomic E-state index is 0.0410. The molecule has 0 aromatic heterocycles. The van der Waals surface area contributed by atoms with Crippen molar-refractivity contribution >= 4 is 8.32 Å². The van der Waals surface area contributed by atoms with E-state index in [1.807, 2.05) is 0 Å². The van der Waals surface area contributed by atoms with Gasteiger partial charge < -0.3 is 4.43 Å². The fourth-order valence-electron chi connectivity index (χ4n) is 1.59. The lowest BCUT2D eigenvalue weighted by Gasteiger charge is -2.37. The monoisotopic (exact) mass is 200 g/mol. The highest BCUT2D eigenvalue weighted by Crippen LogP contribution is 2.31. The van der Waals surface area contributed by atoms with Crippen molar-refractivity contribution in [3.8, 4) is 0 Å². The zero-order chi connectivity index (χ0) is 10.7. The molecule has 0 saturated carbocycles. The van der Waals surface area contributed by atoms with Crippen LogP contribution < -0.4 is 0 Å². The second-order valence-corrected chi connectivity index (χ2v) is 9.27. The van der Waals surface area contributed by atoms with Crippen LogP contribution in [0.2, 0.25) is 11.6 Å². The van der Waals surface area contributed by atoms with E-state index in [1.165, 1.54) is 0 Å². The van der Waals surface area contributed by atoms with Gasteiger partial charge in [0.05, 0.1) is 0 Å². The molecule has 0 aliphatic carbocycles. The molecule has 0 saturated heterocycles. The first-order valence-electron chi connectivity index (χ1n) is 5.11. The predicted octanol–water partition coefficient (Wildman–Crippen LogP) is 3.90. The molecule has 1 nitrogen and oxygen atoms in total. The Bertz CT molecular complexity index is 169. The summed E-state index contributed by atoms with van der Waals surface area (Å²) in [6, 6.07) is 1.12. The molecule has 0 bridgehead atoms. The quantitative estimate of drug-likeness (QED) is 0.625. The Morgan fingerprint density at radius 1 is 1.38 bits per heavy atom. The van der Waals surface area contributed by atoms with Gasteiger partial charge in [0.25, 0.3) is 0 Å². The van der Waals surface area contributed by atoms with Gasteiger partial charge in [-0.3, -0.25) is 0 Å². The van der Waals surface area contributed by atoms with Crippen LogP contribution in [0.25, 0.3) is 0 Å². The molecule has 2 heteroatoms. The summed E-state index contributed by atoms with van der Waals surface area (Å²) < 4.78 is 6.21. The van der Waals surface area contributed by atoms with Crippen molar-refractivity contribution in [3.05, 3.63) is 12.3 Å². The van der Waals surface area contributed by atoms with E-state index in [0.29, 0.717) is 5.54 Å². The molecule has 0 rings (SSSR count). The maximum atomic E-state index is 6.21. The molecule has 0 heterocycles. The van der Waals surface area contributed by atoms with Crippen LogP contribution in [0.5, 0.6) is 0 Å². The standard InChI is InChI=1S/C11H24OSi/c1-8-13(9-2,10(3)4)12-11(5,6)7/h8,10H,1,9H2,2-7H3. The molecule has 0 aliphatic rings. The first-order valence-corrected chi connectivity index (χ1v) is 7.38. The fraction of sp³-hybridized carbons (Fsp3) is 0.818. The van der Waals surface area contributed by atoms with Crippen molar-refractivity contribution in [3.63, 3.8) is 0 Å². The Balaban J connectivity index is 4.68. The van der Waals surface area contributed by atoms with Crippen LogP contribution in [0.4, 0.5) is 0 Å². The van der Waals surface area contributed by atoms with E-state index in [1.54, 1.807) is 0 Å². The van der Waals surface area contributed by atoms with Crippen LogP contribution in [0, 0.1) is 0 Å². The normalized spacial score (nSPS) is 17.2. The average Bonchev–Trinajstić information content (AvgIpc) is 1.98. The van der Waals surface area contributed by atoms with E-state index < -0.39 is 8.32 Å². The Labute approximate surface area is 84.3 Å². The maximum absolute atomic E-state index is 6.21. The van der Waals surface area contributed by atoms with E-state index in [2.05, 4.69) is 53.8 Å². The molecule has 0 fully saturated rings. The maximum Gasteiger partial charge on any atom is 0.219 e. The summed E-state index contributed by atoms with van der Waals surface area (Å²) in [7, 11) is -1.69. The molecule has 13 heavy (non-hydrogen) atoms. The van der Waals surface area contributed by atoms with Gasteiger partial charge in [-0.05, 0) is 32.4 Å². The SMILES string of the molecule is C=C[Si](CC)(OC(C)(C)C)C(C)C. The molecule has 1 unspecified atom stereocenters. The Hall–Kier alpha value is -0.0831. The molecule has 0 amide bonds. The summed E-state index contributed by atoms with van der Waals surface area (Å²) in [5.41, 5.74) is 2.65. The van der Waals surface area contributed by atoms with Gasteiger partial charge in [-0.1, -0.05) is 26.5 Å². The van der Waals surface area contributed by atoms with Crippen molar-refractivity contribution in [2.24, 2.45) is 0 Å². The Morgan fingerprint density at radius 3 is 1.92 bits per heavy atom. The minimum atomic E-state index is -1.69. The first-order chi connectivity index (χ1) is 5.77. The van der Waals surface area contributed by atoms with Crippen LogP contribution in [-0.4, -0.2) is 13.9 Å². The van der Waals surface area contributed by atoms with Gasteiger partial charge in [0.2, 0.25) is 8.32 Å². The Morgan fingerprint density at radius 2 is 1.85 bits per heavy atom. The smallest absolute Gasteiger partial charge is 0.219 e. The molecule has 0 spiro atoms. The molecule has 0 aromatic rings. The lowest BCUT2D eigenvalue weighted by atomic mass is 10.2. The molecule has 78 valence electrons. The van der Waals surface area contributed by atoms with Gasteiger partial charge in [-0.2, -0.15) is 0 Å². The zero-order valence-electron chi connectivity index (χ0n) is 9.98. The van der Waals surface area contributed by atoms with E-state index in [9.17, 15) is 0 Å². The summed E-state index contributed by atoms with van der Waals surface area (Å²) in [6.07, 6.45) is 0. The highest BCUT2D eigenvalue weighted by molar-refractivity contribution is 6.79. The third-order valence-electron chi connectivity index (χ3n) is 2.37. The molecule has 0 aromatic carbocycles. The molecular weight excluding hydrogens is 176 g/mol. The largest absolute Gasteiger partial charge is 0.408 e. The summed E-state index contributed by atoms with van der Waals surface area (Å²) in [5, 5.41) is 0. The predicted molar refractivity (Wildman–Crippen MR) is 62.4 cm³/mol. The van der Waals surface area contributed by atoms with Gasteiger partial charge in [-0.25, -0.2) is 0 Å². The van der Waals surface area contributed by atoms with Crippen LogP contribution in [0.3, 0.4) is 0 Å². The van der Waals surface area contributed by atoms with Crippen LogP contribution in [0.15, 0.2) is 12.3 Å². The van der Waals surface area contributed by atoms with Crippen molar-refractivity contribution < 1.29 is 4.43 Å². The average molecular weight is 200 g/mol. The zero-order valence-corrected chi connectivity index (χ0v) is 11.0. The van der Waals surface area contributed by atoms with Crippen molar-refractivity contribution in [2.75, 3.05) is 0 Å². The molecule has 0 radical (unpaired) electrons.